The summed E-state index contributed by atoms with van der Waals surface area (Å²) in [4.78, 5) is 15.3. The van der Waals surface area contributed by atoms with Crippen LogP contribution < -0.4 is 5.73 Å². The number of carbonyl (C=O) groups excluding carboxylic acids is 1. The molecular formula is C12H15ClN2O. The van der Waals surface area contributed by atoms with Crippen LogP contribution in [0.4, 0.5) is 0 Å². The molecule has 3 nitrogen and oxygen atoms in total. The van der Waals surface area contributed by atoms with Crippen LogP contribution in [0.5, 0.6) is 0 Å². The average Bonchev–Trinajstić information content (AvgIpc) is 2.59. The number of aromatic nitrogens is 1. The monoisotopic (exact) mass is 238 g/mol. The summed E-state index contributed by atoms with van der Waals surface area (Å²) in [6, 6.07) is 1.97. The van der Waals surface area contributed by atoms with Gasteiger partial charge in [-0.15, -0.1) is 0 Å². The topological polar surface area (TPSA) is 56.0 Å². The summed E-state index contributed by atoms with van der Waals surface area (Å²) in [5, 5.41) is 0.567. The molecule has 4 heteroatoms. The third-order valence-electron chi connectivity index (χ3n) is 3.62. The molecule has 16 heavy (non-hydrogen) atoms. The molecule has 1 aromatic heterocycles. The summed E-state index contributed by atoms with van der Waals surface area (Å²) < 4.78 is 0. The average molecular weight is 239 g/mol. The highest BCUT2D eigenvalue weighted by atomic mass is 35.5. The van der Waals surface area contributed by atoms with Gasteiger partial charge in [0.1, 0.15) is 5.15 Å². The Bertz CT molecular complexity index is 433. The highest BCUT2D eigenvalue weighted by Crippen LogP contribution is 2.45. The zero-order chi connectivity index (χ0) is 11.8. The molecule has 1 aliphatic rings. The number of carbonyl (C=O) groups is 1. The first kappa shape index (κ1) is 11.4. The number of primary amides is 1. The Morgan fingerprint density at radius 1 is 1.69 bits per heavy atom. The zero-order valence-corrected chi connectivity index (χ0v) is 10.0. The minimum absolute atomic E-state index is 0.117. The fourth-order valence-corrected chi connectivity index (χ4v) is 2.96. The lowest BCUT2D eigenvalue weighted by molar-refractivity contribution is -0.119. The Morgan fingerprint density at radius 3 is 3.06 bits per heavy atom. The smallest absolute Gasteiger partial charge is 0.218 e. The Kier molecular flexibility index (Phi) is 2.89. The number of nitrogens with two attached hydrogens (primary N) is 1. The molecule has 1 aliphatic carbocycles. The van der Waals surface area contributed by atoms with Crippen LogP contribution in [-0.4, -0.2) is 10.9 Å². The van der Waals surface area contributed by atoms with Crippen LogP contribution in [0.1, 0.15) is 37.3 Å². The molecular weight excluding hydrogens is 224 g/mol. The number of fused-ring (bicyclic) bond motifs is 1. The summed E-state index contributed by atoms with van der Waals surface area (Å²) >= 11 is 6.06. The van der Waals surface area contributed by atoms with Gasteiger partial charge in [-0.2, -0.15) is 0 Å². The lowest BCUT2D eigenvalue weighted by Crippen LogP contribution is -2.29. The highest BCUT2D eigenvalue weighted by Gasteiger charge is 2.39. The molecule has 2 rings (SSSR count). The number of nitrogens with zero attached hydrogens (tertiary/aromatic N) is 1. The Hall–Kier alpha value is -1.09. The first-order chi connectivity index (χ1) is 7.59. The van der Waals surface area contributed by atoms with Gasteiger partial charge in [0.2, 0.25) is 5.91 Å². The molecule has 0 bridgehead atoms. The molecule has 0 radical (unpaired) electrons. The lowest BCUT2D eigenvalue weighted by atomic mass is 9.76. The van der Waals surface area contributed by atoms with Crippen molar-refractivity contribution in [3.05, 3.63) is 28.5 Å². The van der Waals surface area contributed by atoms with Crippen molar-refractivity contribution < 1.29 is 4.79 Å². The summed E-state index contributed by atoms with van der Waals surface area (Å²) in [6.07, 6.45) is 4.84. The van der Waals surface area contributed by atoms with E-state index in [1.807, 2.05) is 6.07 Å². The lowest BCUT2D eigenvalue weighted by Gasteiger charge is -2.27. The van der Waals surface area contributed by atoms with Gasteiger partial charge in [0, 0.05) is 18.0 Å². The van der Waals surface area contributed by atoms with Crippen LogP contribution >= 0.6 is 11.6 Å². The van der Waals surface area contributed by atoms with Crippen LogP contribution in [0.2, 0.25) is 5.15 Å². The van der Waals surface area contributed by atoms with Crippen LogP contribution in [0.3, 0.4) is 0 Å². The third-order valence-corrected chi connectivity index (χ3v) is 3.94. The van der Waals surface area contributed by atoms with Crippen molar-refractivity contribution in [2.75, 3.05) is 0 Å². The summed E-state index contributed by atoms with van der Waals surface area (Å²) in [5.74, 6) is -0.248. The van der Waals surface area contributed by atoms with E-state index in [1.165, 1.54) is 0 Å². The minimum atomic E-state index is -0.248. The van der Waals surface area contributed by atoms with Gasteiger partial charge in [-0.3, -0.25) is 4.79 Å². The van der Waals surface area contributed by atoms with Crippen molar-refractivity contribution >= 4 is 17.5 Å². The Balaban J connectivity index is 2.47. The number of hydrogen-bond donors (Lipinski definition) is 1. The number of pyridine rings is 1. The van der Waals surface area contributed by atoms with Gasteiger partial charge in [-0.05, 0) is 36.5 Å². The molecule has 2 N–H and O–H groups in total. The van der Waals surface area contributed by atoms with Crippen LogP contribution in [0.25, 0.3) is 0 Å². The predicted octanol–water partition coefficient (Wildman–Crippen LogP) is 2.20. The molecule has 86 valence electrons. The first-order valence-corrected chi connectivity index (χ1v) is 5.89. The number of hydrogen-bond acceptors (Lipinski definition) is 2. The molecule has 0 fully saturated rings. The predicted molar refractivity (Wildman–Crippen MR) is 63.3 cm³/mol. The van der Waals surface area contributed by atoms with E-state index in [9.17, 15) is 4.79 Å². The standard InChI is InChI=1S/C12H15ClN2O/c1-2-12(7-10(14)16)5-3-8-9(12)4-6-15-11(8)13/h4,6H,2-3,5,7H2,1H3,(H2,14,16). The number of rotatable bonds is 3. The van der Waals surface area contributed by atoms with Crippen molar-refractivity contribution in [1.82, 2.24) is 4.98 Å². The van der Waals surface area contributed by atoms with E-state index in [2.05, 4.69) is 11.9 Å². The molecule has 1 unspecified atom stereocenters. The largest absolute Gasteiger partial charge is 0.370 e. The summed E-state index contributed by atoms with van der Waals surface area (Å²) in [7, 11) is 0. The van der Waals surface area contributed by atoms with Gasteiger partial charge in [0.05, 0.1) is 0 Å². The van der Waals surface area contributed by atoms with Crippen LogP contribution in [0, 0.1) is 0 Å². The maximum Gasteiger partial charge on any atom is 0.218 e. The van der Waals surface area contributed by atoms with E-state index in [0.717, 1.165) is 30.4 Å². The van der Waals surface area contributed by atoms with Crippen molar-refractivity contribution in [1.29, 1.82) is 0 Å². The van der Waals surface area contributed by atoms with Crippen LogP contribution in [-0.2, 0) is 16.6 Å². The molecule has 0 saturated carbocycles. The van der Waals surface area contributed by atoms with Gasteiger partial charge >= 0.3 is 0 Å². The Labute approximate surface area is 100 Å². The van der Waals surface area contributed by atoms with E-state index in [0.29, 0.717) is 11.6 Å². The molecule has 1 aromatic rings. The molecule has 0 saturated heterocycles. The molecule has 0 aromatic carbocycles. The quantitative estimate of drug-likeness (QED) is 0.821. The van der Waals surface area contributed by atoms with Crippen molar-refractivity contribution in [2.24, 2.45) is 5.73 Å². The molecule has 0 spiro atoms. The molecule has 1 heterocycles. The van der Waals surface area contributed by atoms with Crippen LogP contribution in [0.15, 0.2) is 12.3 Å². The summed E-state index contributed by atoms with van der Waals surface area (Å²) in [6.45, 7) is 2.09. The van der Waals surface area contributed by atoms with Crippen molar-refractivity contribution in [2.45, 2.75) is 38.0 Å². The van der Waals surface area contributed by atoms with Crippen molar-refractivity contribution in [3.8, 4) is 0 Å². The van der Waals surface area contributed by atoms with Gasteiger partial charge in [0.25, 0.3) is 0 Å². The van der Waals surface area contributed by atoms with E-state index in [4.69, 9.17) is 17.3 Å². The normalized spacial score (nSPS) is 23.1. The maximum absolute atomic E-state index is 11.2. The SMILES string of the molecule is CCC1(CC(N)=O)CCc2c1ccnc2Cl. The third kappa shape index (κ3) is 1.69. The van der Waals surface area contributed by atoms with E-state index in [-0.39, 0.29) is 11.3 Å². The van der Waals surface area contributed by atoms with E-state index >= 15 is 0 Å². The first-order valence-electron chi connectivity index (χ1n) is 5.51. The van der Waals surface area contributed by atoms with E-state index in [1.54, 1.807) is 6.20 Å². The van der Waals surface area contributed by atoms with E-state index < -0.39 is 0 Å². The number of amides is 1. The Morgan fingerprint density at radius 2 is 2.44 bits per heavy atom. The van der Waals surface area contributed by atoms with Gasteiger partial charge in [0.15, 0.2) is 0 Å². The highest BCUT2D eigenvalue weighted by molar-refractivity contribution is 6.30. The van der Waals surface area contributed by atoms with Crippen molar-refractivity contribution in [3.63, 3.8) is 0 Å². The second kappa shape index (κ2) is 4.06. The minimum Gasteiger partial charge on any atom is -0.370 e. The fraction of sp³-hybridized carbons (Fsp3) is 0.500. The molecule has 1 amide bonds. The second-order valence-corrected chi connectivity index (χ2v) is 4.76. The second-order valence-electron chi connectivity index (χ2n) is 4.40. The summed E-state index contributed by atoms with van der Waals surface area (Å²) in [5.41, 5.74) is 7.47. The van der Waals surface area contributed by atoms with Gasteiger partial charge in [-0.25, -0.2) is 4.98 Å². The van der Waals surface area contributed by atoms with Gasteiger partial charge in [-0.1, -0.05) is 18.5 Å². The van der Waals surface area contributed by atoms with Gasteiger partial charge < -0.3 is 5.73 Å². The maximum atomic E-state index is 11.2. The number of halogens is 1. The zero-order valence-electron chi connectivity index (χ0n) is 9.29. The fourth-order valence-electron chi connectivity index (χ4n) is 2.71. The molecule has 0 aliphatic heterocycles. The molecule has 1 atom stereocenters.